The van der Waals surface area contributed by atoms with Crippen LogP contribution in [-0.4, -0.2) is 32.3 Å². The first-order valence-electron chi connectivity index (χ1n) is 4.92. The minimum absolute atomic E-state index is 0.117. The van der Waals surface area contributed by atoms with E-state index < -0.39 is 5.91 Å². The molecule has 1 aliphatic rings. The van der Waals surface area contributed by atoms with Crippen LogP contribution in [0.4, 0.5) is 0 Å². The van der Waals surface area contributed by atoms with Crippen LogP contribution in [0.15, 0.2) is 5.10 Å². The second-order valence-electron chi connectivity index (χ2n) is 3.60. The van der Waals surface area contributed by atoms with Crippen molar-refractivity contribution in [3.8, 4) is 0 Å². The number of nitrogens with zero attached hydrogens (tertiary/aromatic N) is 3. The van der Waals surface area contributed by atoms with Crippen LogP contribution in [-0.2, 0) is 11.8 Å². The van der Waals surface area contributed by atoms with E-state index in [1.807, 2.05) is 14.0 Å². The van der Waals surface area contributed by atoms with Gasteiger partial charge in [-0.05, 0) is 19.1 Å². The van der Waals surface area contributed by atoms with Crippen LogP contribution < -0.4 is 5.73 Å². The minimum Gasteiger partial charge on any atom is -0.369 e. The maximum atomic E-state index is 12.1. The first-order chi connectivity index (χ1) is 8.41. The average molecular weight is 302 g/mol. The molecule has 18 heavy (non-hydrogen) atoms. The van der Waals surface area contributed by atoms with Crippen LogP contribution in [0.25, 0.3) is 0 Å². The Morgan fingerprint density at radius 2 is 2.22 bits per heavy atom. The molecule has 1 aromatic rings. The van der Waals surface area contributed by atoms with E-state index in [9.17, 15) is 9.59 Å². The molecule has 1 aromatic heterocycles. The molecule has 0 bridgehead atoms. The van der Waals surface area contributed by atoms with Crippen molar-refractivity contribution in [1.82, 2.24) is 9.58 Å². The number of hydrogen-bond acceptors (Lipinski definition) is 6. The number of carbonyl (C=O) groups excluding carboxylic acids is 2. The summed E-state index contributed by atoms with van der Waals surface area (Å²) in [5, 5.41) is 5.68. The zero-order valence-corrected chi connectivity index (χ0v) is 12.1. The maximum absolute atomic E-state index is 12.1. The number of rotatable bonds is 3. The summed E-state index contributed by atoms with van der Waals surface area (Å²) >= 11 is 7.52. The molecule has 0 saturated carbocycles. The van der Waals surface area contributed by atoms with Gasteiger partial charge < -0.3 is 10.3 Å². The van der Waals surface area contributed by atoms with Crippen molar-refractivity contribution < 1.29 is 9.59 Å². The molecule has 0 atom stereocenters. The fraction of sp³-hybridized carbons (Fsp3) is 0.333. The number of thioether (sulfide) groups is 1. The molecule has 0 aromatic carbocycles. The topological polar surface area (TPSA) is 80.5 Å². The molecule has 1 aliphatic heterocycles. The van der Waals surface area contributed by atoms with Crippen LogP contribution >= 0.6 is 35.3 Å². The zero-order chi connectivity index (χ0) is 13.4. The summed E-state index contributed by atoms with van der Waals surface area (Å²) in [6.07, 6.45) is 0. The van der Waals surface area contributed by atoms with Crippen molar-refractivity contribution in [3.63, 3.8) is 0 Å². The van der Waals surface area contributed by atoms with E-state index in [-0.39, 0.29) is 11.7 Å². The predicted molar refractivity (Wildman–Crippen MR) is 74.1 cm³/mol. The van der Waals surface area contributed by atoms with Crippen LogP contribution in [0, 0.1) is 10.9 Å². The summed E-state index contributed by atoms with van der Waals surface area (Å²) in [5.41, 5.74) is 5.83. The van der Waals surface area contributed by atoms with Gasteiger partial charge in [0.05, 0.1) is 5.75 Å². The van der Waals surface area contributed by atoms with Gasteiger partial charge in [-0.2, -0.15) is 5.01 Å². The Balaban J connectivity index is 2.05. The highest BCUT2D eigenvalue weighted by Gasteiger charge is 2.34. The molecule has 2 heterocycles. The van der Waals surface area contributed by atoms with Gasteiger partial charge in [-0.1, -0.05) is 23.1 Å². The van der Waals surface area contributed by atoms with Crippen LogP contribution in [0.1, 0.15) is 15.4 Å². The van der Waals surface area contributed by atoms with Crippen molar-refractivity contribution in [3.05, 3.63) is 14.5 Å². The Bertz CT molecular complexity index is 616. The average Bonchev–Trinajstić information content (AvgIpc) is 3.05. The van der Waals surface area contributed by atoms with E-state index in [0.29, 0.717) is 14.0 Å². The highest BCUT2D eigenvalue weighted by atomic mass is 32.2. The SMILES string of the molecule is Cc1c(C(=O)N2N=C2SCC(N)=O)sc(=S)n1C. The molecule has 2 amide bonds. The number of primary amides is 1. The maximum Gasteiger partial charge on any atom is 0.292 e. The lowest BCUT2D eigenvalue weighted by molar-refractivity contribution is -0.115. The van der Waals surface area contributed by atoms with Crippen LogP contribution in [0.2, 0.25) is 0 Å². The highest BCUT2D eigenvalue weighted by molar-refractivity contribution is 8.14. The first-order valence-corrected chi connectivity index (χ1v) is 7.13. The van der Waals surface area contributed by atoms with Gasteiger partial charge in [0, 0.05) is 12.7 Å². The number of amidine groups is 1. The molecule has 2 N–H and O–H groups in total. The second kappa shape index (κ2) is 4.82. The molecule has 0 radical (unpaired) electrons. The highest BCUT2D eigenvalue weighted by Crippen LogP contribution is 2.27. The predicted octanol–water partition coefficient (Wildman–Crippen LogP) is 1.07. The summed E-state index contributed by atoms with van der Waals surface area (Å²) in [4.78, 5) is 23.3. The molecular weight excluding hydrogens is 292 g/mol. The van der Waals surface area contributed by atoms with Crippen molar-refractivity contribution >= 4 is 52.3 Å². The standard InChI is InChI=1S/C9H10N4O2S3/c1-4-6(18-9(16)12(4)2)7(15)13-8(11-13)17-3-5(10)14/h3H2,1-2H3,(H2,10,14). The Morgan fingerprint density at radius 1 is 1.56 bits per heavy atom. The fourth-order valence-corrected chi connectivity index (χ4v) is 3.14. The largest absolute Gasteiger partial charge is 0.369 e. The van der Waals surface area contributed by atoms with Gasteiger partial charge in [-0.25, -0.2) is 0 Å². The smallest absolute Gasteiger partial charge is 0.292 e. The zero-order valence-electron chi connectivity index (χ0n) is 9.67. The summed E-state index contributed by atoms with van der Waals surface area (Å²) in [7, 11) is 1.82. The fourth-order valence-electron chi connectivity index (χ4n) is 1.23. The van der Waals surface area contributed by atoms with Gasteiger partial charge in [0.2, 0.25) is 11.1 Å². The third-order valence-corrected chi connectivity index (χ3v) is 4.94. The van der Waals surface area contributed by atoms with Gasteiger partial charge in [0.25, 0.3) is 5.91 Å². The molecule has 2 rings (SSSR count). The van der Waals surface area contributed by atoms with Crippen LogP contribution in [0.3, 0.4) is 0 Å². The molecule has 0 saturated heterocycles. The van der Waals surface area contributed by atoms with Gasteiger partial charge in [0.1, 0.15) is 4.88 Å². The lowest BCUT2D eigenvalue weighted by Crippen LogP contribution is -2.18. The van der Waals surface area contributed by atoms with Gasteiger partial charge in [-0.15, -0.1) is 5.10 Å². The lowest BCUT2D eigenvalue weighted by atomic mass is 10.4. The summed E-state index contributed by atoms with van der Waals surface area (Å²) in [6, 6.07) is 0. The van der Waals surface area contributed by atoms with E-state index in [4.69, 9.17) is 18.0 Å². The molecule has 9 heteroatoms. The number of carbonyl (C=O) groups is 2. The normalized spacial score (nSPS) is 13.4. The molecule has 0 unspecified atom stereocenters. The number of thiazole rings is 1. The summed E-state index contributed by atoms with van der Waals surface area (Å²) in [5.74, 6) is -0.531. The number of aromatic nitrogens is 1. The van der Waals surface area contributed by atoms with Gasteiger partial charge >= 0.3 is 0 Å². The monoisotopic (exact) mass is 302 g/mol. The quantitative estimate of drug-likeness (QED) is 0.847. The number of hydrazone groups is 1. The number of hydrogen-bond donors (Lipinski definition) is 1. The Hall–Kier alpha value is -1.19. The summed E-state index contributed by atoms with van der Waals surface area (Å²) < 4.78 is 2.43. The second-order valence-corrected chi connectivity index (χ2v) is 6.18. The van der Waals surface area contributed by atoms with E-state index in [0.717, 1.165) is 17.5 Å². The number of nitrogens with two attached hydrogens (primary N) is 1. The first kappa shape index (κ1) is 13.2. The molecule has 0 spiro atoms. The van der Waals surface area contributed by atoms with E-state index in [1.165, 1.54) is 16.3 Å². The van der Waals surface area contributed by atoms with Crippen LogP contribution in [0.5, 0.6) is 0 Å². The minimum atomic E-state index is -0.437. The van der Waals surface area contributed by atoms with Gasteiger partial charge in [-0.3, -0.25) is 9.59 Å². The Morgan fingerprint density at radius 3 is 2.72 bits per heavy atom. The summed E-state index contributed by atoms with van der Waals surface area (Å²) in [6.45, 7) is 1.83. The van der Waals surface area contributed by atoms with Crippen molar-refractivity contribution in [2.45, 2.75) is 6.92 Å². The number of amides is 2. The van der Waals surface area contributed by atoms with Crippen molar-refractivity contribution in [1.29, 1.82) is 0 Å². The van der Waals surface area contributed by atoms with E-state index >= 15 is 0 Å². The molecular formula is C9H10N4O2S3. The molecule has 6 nitrogen and oxygen atoms in total. The Labute approximate surface area is 116 Å². The molecule has 0 fully saturated rings. The van der Waals surface area contributed by atoms with E-state index in [2.05, 4.69) is 5.10 Å². The molecule has 0 aliphatic carbocycles. The third kappa shape index (κ3) is 2.47. The van der Waals surface area contributed by atoms with Crippen molar-refractivity contribution in [2.24, 2.45) is 17.9 Å². The van der Waals surface area contributed by atoms with E-state index in [1.54, 1.807) is 4.57 Å². The lowest BCUT2D eigenvalue weighted by Gasteiger charge is -2.00. The molecule has 96 valence electrons. The van der Waals surface area contributed by atoms with Gasteiger partial charge in [0.15, 0.2) is 3.95 Å². The Kier molecular flexibility index (Phi) is 3.55. The third-order valence-electron chi connectivity index (χ3n) is 2.35. The van der Waals surface area contributed by atoms with Crippen molar-refractivity contribution in [2.75, 3.05) is 5.75 Å².